The molecule has 3 heteroatoms. The summed E-state index contributed by atoms with van der Waals surface area (Å²) in [5.41, 5.74) is 1.44. The summed E-state index contributed by atoms with van der Waals surface area (Å²) in [4.78, 5) is 14.8. The number of piperazine rings is 1. The molecular weight excluding hydrogens is 260 g/mol. The number of amides is 1. The number of carbonyl (C=O) groups excluding carboxylic acids is 1. The zero-order chi connectivity index (χ0) is 14.7. The maximum absolute atomic E-state index is 12.7. The highest BCUT2D eigenvalue weighted by Gasteiger charge is 2.32. The molecule has 114 valence electrons. The molecule has 3 nitrogen and oxygen atoms in total. The van der Waals surface area contributed by atoms with Crippen LogP contribution in [0.25, 0.3) is 0 Å². The van der Waals surface area contributed by atoms with Crippen molar-refractivity contribution >= 4 is 5.91 Å². The Labute approximate surface area is 127 Å². The summed E-state index contributed by atoms with van der Waals surface area (Å²) < 4.78 is 0. The lowest BCUT2D eigenvalue weighted by atomic mass is 9.78. The van der Waals surface area contributed by atoms with Gasteiger partial charge in [-0.05, 0) is 44.1 Å². The molecule has 1 heterocycles. The lowest BCUT2D eigenvalue weighted by molar-refractivity contribution is -0.139. The molecule has 1 saturated carbocycles. The average Bonchev–Trinajstić information content (AvgIpc) is 2.56. The van der Waals surface area contributed by atoms with Crippen molar-refractivity contribution in [1.29, 1.82) is 0 Å². The quantitative estimate of drug-likeness (QED) is 0.906. The Balaban J connectivity index is 1.57. The largest absolute Gasteiger partial charge is 0.337 e. The maximum atomic E-state index is 12.7. The van der Waals surface area contributed by atoms with Gasteiger partial charge in [0.25, 0.3) is 0 Å². The number of benzene rings is 1. The van der Waals surface area contributed by atoms with Gasteiger partial charge in [-0.15, -0.1) is 0 Å². The molecular formula is C18H26N2O. The normalized spacial score (nSPS) is 30.1. The molecule has 1 aromatic carbocycles. The molecule has 2 fully saturated rings. The van der Waals surface area contributed by atoms with E-state index in [0.717, 1.165) is 45.3 Å². The number of nitrogens with zero attached hydrogens (tertiary/aromatic N) is 1. The Bertz CT molecular complexity index is 465. The van der Waals surface area contributed by atoms with Gasteiger partial charge in [0.05, 0.1) is 0 Å². The van der Waals surface area contributed by atoms with Gasteiger partial charge in [-0.2, -0.15) is 0 Å². The average molecular weight is 286 g/mol. The summed E-state index contributed by atoms with van der Waals surface area (Å²) in [6.45, 7) is 4.90. The van der Waals surface area contributed by atoms with E-state index in [1.54, 1.807) is 0 Å². The Hall–Kier alpha value is -1.35. The fourth-order valence-corrected chi connectivity index (χ4v) is 3.80. The minimum absolute atomic E-state index is 0.255. The minimum Gasteiger partial charge on any atom is -0.337 e. The van der Waals surface area contributed by atoms with Crippen LogP contribution in [-0.4, -0.2) is 36.5 Å². The Morgan fingerprint density at radius 2 is 1.86 bits per heavy atom. The van der Waals surface area contributed by atoms with Crippen molar-refractivity contribution in [1.82, 2.24) is 10.2 Å². The van der Waals surface area contributed by atoms with Crippen LogP contribution in [0.4, 0.5) is 0 Å². The van der Waals surface area contributed by atoms with Crippen LogP contribution in [0.15, 0.2) is 30.3 Å². The first kappa shape index (κ1) is 14.6. The van der Waals surface area contributed by atoms with Crippen LogP contribution >= 0.6 is 0 Å². The molecule has 1 aliphatic heterocycles. The van der Waals surface area contributed by atoms with Gasteiger partial charge in [-0.1, -0.05) is 30.3 Å². The van der Waals surface area contributed by atoms with E-state index in [-0.39, 0.29) is 5.92 Å². The molecule has 1 aliphatic carbocycles. The van der Waals surface area contributed by atoms with Gasteiger partial charge in [0.15, 0.2) is 0 Å². The first-order valence-corrected chi connectivity index (χ1v) is 8.32. The monoisotopic (exact) mass is 286 g/mol. The minimum atomic E-state index is 0.255. The molecule has 0 unspecified atom stereocenters. The number of nitrogens with one attached hydrogen (secondary N) is 1. The molecule has 3 rings (SSSR count). The van der Waals surface area contributed by atoms with Crippen LogP contribution in [0.2, 0.25) is 0 Å². The van der Waals surface area contributed by atoms with Crippen LogP contribution in [0, 0.1) is 5.92 Å². The summed E-state index contributed by atoms with van der Waals surface area (Å²) in [6, 6.07) is 11.1. The van der Waals surface area contributed by atoms with Gasteiger partial charge < -0.3 is 10.2 Å². The molecule has 1 saturated heterocycles. The summed E-state index contributed by atoms with van der Waals surface area (Å²) in [6.07, 6.45) is 4.41. The van der Waals surface area contributed by atoms with Gasteiger partial charge in [0, 0.05) is 31.6 Å². The fraction of sp³-hybridized carbons (Fsp3) is 0.611. The van der Waals surface area contributed by atoms with Crippen LogP contribution in [0.1, 0.15) is 44.1 Å². The highest BCUT2D eigenvalue weighted by atomic mass is 16.2. The standard InChI is InChI=1S/C18H26N2O/c1-14-13-19-11-12-20(14)18(21)17-9-7-16(8-10-17)15-5-3-2-4-6-15/h2-6,14,16-17,19H,7-13H2,1H3/t14-,16?,17?/m0/s1. The summed E-state index contributed by atoms with van der Waals surface area (Å²) in [5, 5.41) is 3.36. The van der Waals surface area contributed by atoms with E-state index < -0.39 is 0 Å². The lowest BCUT2D eigenvalue weighted by Gasteiger charge is -2.38. The van der Waals surface area contributed by atoms with Crippen LogP contribution in [-0.2, 0) is 4.79 Å². The molecule has 1 N–H and O–H groups in total. The van der Waals surface area contributed by atoms with E-state index in [1.807, 2.05) is 0 Å². The number of carbonyl (C=O) groups is 1. The Morgan fingerprint density at radius 3 is 2.52 bits per heavy atom. The molecule has 0 aromatic heterocycles. The first-order chi connectivity index (χ1) is 10.3. The van der Waals surface area contributed by atoms with E-state index in [0.29, 0.717) is 17.9 Å². The molecule has 1 aromatic rings. The number of hydrogen-bond acceptors (Lipinski definition) is 2. The molecule has 1 amide bonds. The molecule has 0 spiro atoms. The van der Waals surface area contributed by atoms with Crippen molar-refractivity contribution < 1.29 is 4.79 Å². The summed E-state index contributed by atoms with van der Waals surface area (Å²) >= 11 is 0. The van der Waals surface area contributed by atoms with Crippen LogP contribution in [0.5, 0.6) is 0 Å². The second-order valence-electron chi connectivity index (χ2n) is 6.54. The predicted molar refractivity (Wildman–Crippen MR) is 85.2 cm³/mol. The van der Waals surface area contributed by atoms with Crippen molar-refractivity contribution in [3.8, 4) is 0 Å². The molecule has 1 atom stereocenters. The third-order valence-corrected chi connectivity index (χ3v) is 5.13. The lowest BCUT2D eigenvalue weighted by Crippen LogP contribution is -2.54. The zero-order valence-corrected chi connectivity index (χ0v) is 12.9. The smallest absolute Gasteiger partial charge is 0.226 e. The van der Waals surface area contributed by atoms with Crippen LogP contribution in [0.3, 0.4) is 0 Å². The molecule has 0 bridgehead atoms. The van der Waals surface area contributed by atoms with Gasteiger partial charge in [0.1, 0.15) is 0 Å². The van der Waals surface area contributed by atoms with E-state index >= 15 is 0 Å². The Morgan fingerprint density at radius 1 is 1.14 bits per heavy atom. The summed E-state index contributed by atoms with van der Waals surface area (Å²) in [5.74, 6) is 1.30. The van der Waals surface area contributed by atoms with Gasteiger partial charge >= 0.3 is 0 Å². The van der Waals surface area contributed by atoms with Gasteiger partial charge in [0.2, 0.25) is 5.91 Å². The third kappa shape index (κ3) is 3.29. The van der Waals surface area contributed by atoms with Gasteiger partial charge in [-0.3, -0.25) is 4.79 Å². The highest BCUT2D eigenvalue weighted by molar-refractivity contribution is 5.79. The number of rotatable bonds is 2. The summed E-state index contributed by atoms with van der Waals surface area (Å²) in [7, 11) is 0. The van der Waals surface area contributed by atoms with E-state index in [4.69, 9.17) is 0 Å². The SMILES string of the molecule is C[C@H]1CNCCN1C(=O)C1CCC(c2ccccc2)CC1. The van der Waals surface area contributed by atoms with Crippen LogP contribution < -0.4 is 5.32 Å². The van der Waals surface area contributed by atoms with Crippen molar-refractivity contribution in [2.24, 2.45) is 5.92 Å². The molecule has 2 aliphatic rings. The Kier molecular flexibility index (Phi) is 4.59. The van der Waals surface area contributed by atoms with Crippen molar-refractivity contribution in [3.05, 3.63) is 35.9 Å². The fourth-order valence-electron chi connectivity index (χ4n) is 3.80. The number of hydrogen-bond donors (Lipinski definition) is 1. The predicted octanol–water partition coefficient (Wildman–Crippen LogP) is 2.78. The highest BCUT2D eigenvalue weighted by Crippen LogP contribution is 2.36. The van der Waals surface area contributed by atoms with E-state index in [2.05, 4.69) is 47.5 Å². The molecule has 21 heavy (non-hydrogen) atoms. The maximum Gasteiger partial charge on any atom is 0.226 e. The topological polar surface area (TPSA) is 32.3 Å². The van der Waals surface area contributed by atoms with Crippen molar-refractivity contribution in [2.45, 2.75) is 44.6 Å². The third-order valence-electron chi connectivity index (χ3n) is 5.13. The van der Waals surface area contributed by atoms with E-state index in [1.165, 1.54) is 5.56 Å². The second-order valence-corrected chi connectivity index (χ2v) is 6.54. The second kappa shape index (κ2) is 6.61. The first-order valence-electron chi connectivity index (χ1n) is 8.32. The van der Waals surface area contributed by atoms with E-state index in [9.17, 15) is 4.79 Å². The van der Waals surface area contributed by atoms with Crippen molar-refractivity contribution in [2.75, 3.05) is 19.6 Å². The van der Waals surface area contributed by atoms with Gasteiger partial charge in [-0.25, -0.2) is 0 Å². The molecule has 0 radical (unpaired) electrons. The zero-order valence-electron chi connectivity index (χ0n) is 12.9. The van der Waals surface area contributed by atoms with Crippen molar-refractivity contribution in [3.63, 3.8) is 0 Å².